The molecular formula is C7H8BrNO. The minimum absolute atomic E-state index is 0.0145. The van der Waals surface area contributed by atoms with Gasteiger partial charge in [-0.25, -0.2) is 3.59 Å². The van der Waals surface area contributed by atoms with E-state index in [1.54, 1.807) is 6.07 Å². The predicted octanol–water partition coefficient (Wildman–Crippen LogP) is 1.57. The molecule has 0 spiro atoms. The lowest BCUT2D eigenvalue weighted by Gasteiger charge is -1.99. The van der Waals surface area contributed by atoms with E-state index in [2.05, 4.69) is 16.1 Å². The molecule has 0 aliphatic heterocycles. The zero-order valence-corrected chi connectivity index (χ0v) is 7.26. The van der Waals surface area contributed by atoms with E-state index in [9.17, 15) is 4.79 Å². The highest BCUT2D eigenvalue weighted by molar-refractivity contribution is 9.08. The van der Waals surface area contributed by atoms with Crippen molar-refractivity contribution in [1.82, 2.24) is 3.59 Å². The first-order valence-electron chi connectivity index (χ1n) is 3.13. The molecule has 0 N–H and O–H groups in total. The summed E-state index contributed by atoms with van der Waals surface area (Å²) in [6.07, 6.45) is 0.862. The first kappa shape index (κ1) is 7.54. The van der Waals surface area contributed by atoms with Crippen LogP contribution in [0.1, 0.15) is 12.6 Å². The second kappa shape index (κ2) is 3.01. The van der Waals surface area contributed by atoms with E-state index in [1.165, 1.54) is 9.66 Å². The van der Waals surface area contributed by atoms with E-state index >= 15 is 0 Å². The summed E-state index contributed by atoms with van der Waals surface area (Å²) in [6, 6.07) is 5.20. The zero-order valence-electron chi connectivity index (χ0n) is 5.67. The molecule has 1 aromatic heterocycles. The maximum Gasteiger partial charge on any atom is 0.260 e. The Bertz CT molecular complexity index is 279. The summed E-state index contributed by atoms with van der Waals surface area (Å²) in [5.74, 6) is 0. The van der Waals surface area contributed by atoms with Gasteiger partial charge in [-0.3, -0.25) is 4.79 Å². The minimum atomic E-state index is -0.0145. The summed E-state index contributed by atoms with van der Waals surface area (Å²) >= 11 is 3.14. The summed E-state index contributed by atoms with van der Waals surface area (Å²) in [7, 11) is 0. The predicted molar refractivity (Wildman–Crippen MR) is 44.4 cm³/mol. The van der Waals surface area contributed by atoms with Crippen molar-refractivity contribution in [2.45, 2.75) is 13.3 Å². The first-order valence-corrected chi connectivity index (χ1v) is 3.83. The van der Waals surface area contributed by atoms with E-state index in [1.807, 2.05) is 13.0 Å². The van der Waals surface area contributed by atoms with Crippen molar-refractivity contribution in [3.63, 3.8) is 0 Å². The number of hydrogen-bond acceptors (Lipinski definition) is 1. The molecule has 1 rings (SSSR count). The highest BCUT2D eigenvalue weighted by Gasteiger charge is 1.94. The van der Waals surface area contributed by atoms with Crippen molar-refractivity contribution in [3.05, 3.63) is 34.2 Å². The van der Waals surface area contributed by atoms with Gasteiger partial charge in [-0.2, -0.15) is 0 Å². The van der Waals surface area contributed by atoms with Crippen LogP contribution in [-0.4, -0.2) is 3.59 Å². The molecule has 0 fully saturated rings. The Morgan fingerprint density at radius 2 is 2.30 bits per heavy atom. The molecular weight excluding hydrogens is 194 g/mol. The molecule has 0 aliphatic carbocycles. The van der Waals surface area contributed by atoms with Crippen molar-refractivity contribution in [2.24, 2.45) is 0 Å². The maximum atomic E-state index is 10.9. The van der Waals surface area contributed by atoms with Gasteiger partial charge in [0.15, 0.2) is 0 Å². The van der Waals surface area contributed by atoms with Crippen LogP contribution in [0.25, 0.3) is 0 Å². The number of aromatic nitrogens is 1. The molecule has 0 aliphatic rings. The van der Waals surface area contributed by atoms with Crippen LogP contribution in [0.2, 0.25) is 0 Å². The van der Waals surface area contributed by atoms with E-state index in [0.29, 0.717) is 0 Å². The molecule has 0 radical (unpaired) electrons. The topological polar surface area (TPSA) is 22.0 Å². The Labute approximate surface area is 67.8 Å². The zero-order chi connectivity index (χ0) is 7.56. The third-order valence-electron chi connectivity index (χ3n) is 1.34. The Balaban J connectivity index is 3.28. The smallest absolute Gasteiger partial charge is 0.260 e. The summed E-state index contributed by atoms with van der Waals surface area (Å²) < 4.78 is 1.48. The van der Waals surface area contributed by atoms with Crippen LogP contribution in [-0.2, 0) is 6.42 Å². The molecule has 0 aromatic carbocycles. The second-order valence-electron chi connectivity index (χ2n) is 1.99. The molecule has 0 saturated heterocycles. The summed E-state index contributed by atoms with van der Waals surface area (Å²) in [5, 5.41) is 0. The monoisotopic (exact) mass is 201 g/mol. The number of rotatable bonds is 1. The lowest BCUT2D eigenvalue weighted by molar-refractivity contribution is 0.979. The quantitative estimate of drug-likeness (QED) is 0.677. The molecule has 0 amide bonds. The molecule has 0 unspecified atom stereocenters. The van der Waals surface area contributed by atoms with Crippen LogP contribution < -0.4 is 5.56 Å². The fourth-order valence-corrected chi connectivity index (χ4v) is 1.26. The highest BCUT2D eigenvalue weighted by atomic mass is 79.9. The average Bonchev–Trinajstić information content (AvgIpc) is 1.95. The SMILES string of the molecule is CCc1cccc(=O)n1Br. The van der Waals surface area contributed by atoms with Crippen molar-refractivity contribution >= 4 is 16.1 Å². The average molecular weight is 202 g/mol. The molecule has 2 nitrogen and oxygen atoms in total. The number of halogens is 1. The molecule has 1 aromatic rings. The fourth-order valence-electron chi connectivity index (χ4n) is 0.771. The van der Waals surface area contributed by atoms with E-state index in [4.69, 9.17) is 0 Å². The van der Waals surface area contributed by atoms with Gasteiger partial charge in [0.2, 0.25) is 0 Å². The molecule has 1 heterocycles. The summed E-state index contributed by atoms with van der Waals surface area (Å²) in [4.78, 5) is 10.9. The van der Waals surface area contributed by atoms with E-state index < -0.39 is 0 Å². The summed E-state index contributed by atoms with van der Waals surface area (Å²) in [6.45, 7) is 2.01. The van der Waals surface area contributed by atoms with Gasteiger partial charge in [0, 0.05) is 11.8 Å². The van der Waals surface area contributed by atoms with Crippen LogP contribution in [0.3, 0.4) is 0 Å². The maximum absolute atomic E-state index is 10.9. The first-order chi connectivity index (χ1) is 4.75. The van der Waals surface area contributed by atoms with Crippen LogP contribution >= 0.6 is 16.1 Å². The lowest BCUT2D eigenvalue weighted by atomic mass is 10.3. The second-order valence-corrected chi connectivity index (χ2v) is 2.70. The minimum Gasteiger partial charge on any atom is -0.268 e. The third-order valence-corrected chi connectivity index (χ3v) is 2.14. The van der Waals surface area contributed by atoms with Crippen molar-refractivity contribution < 1.29 is 0 Å². The molecule has 3 heteroatoms. The van der Waals surface area contributed by atoms with Gasteiger partial charge in [0.25, 0.3) is 5.56 Å². The van der Waals surface area contributed by atoms with Crippen molar-refractivity contribution in [2.75, 3.05) is 0 Å². The number of nitrogens with zero attached hydrogens (tertiary/aromatic N) is 1. The Hall–Kier alpha value is -0.570. The number of hydrogen-bond donors (Lipinski definition) is 0. The number of pyridine rings is 1. The van der Waals surface area contributed by atoms with Gasteiger partial charge in [-0.15, -0.1) is 0 Å². The molecule has 54 valence electrons. The standard InChI is InChI=1S/C7H8BrNO/c1-2-6-4-3-5-7(10)9(6)8/h3-5H,2H2,1H3. The molecule has 0 atom stereocenters. The van der Waals surface area contributed by atoms with Gasteiger partial charge in [-0.05, 0) is 12.5 Å². The highest BCUT2D eigenvalue weighted by Crippen LogP contribution is 1.99. The largest absolute Gasteiger partial charge is 0.268 e. The van der Waals surface area contributed by atoms with Crippen molar-refractivity contribution in [1.29, 1.82) is 0 Å². The Morgan fingerprint density at radius 1 is 1.60 bits per heavy atom. The van der Waals surface area contributed by atoms with Gasteiger partial charge in [0.1, 0.15) is 0 Å². The van der Waals surface area contributed by atoms with Gasteiger partial charge >= 0.3 is 0 Å². The lowest BCUT2D eigenvalue weighted by Crippen LogP contribution is -2.13. The third kappa shape index (κ3) is 1.29. The van der Waals surface area contributed by atoms with Gasteiger partial charge in [0.05, 0.1) is 16.1 Å². The molecule has 0 bridgehead atoms. The normalized spacial score (nSPS) is 9.80. The fraction of sp³-hybridized carbons (Fsp3) is 0.286. The van der Waals surface area contributed by atoms with Crippen LogP contribution in [0.4, 0.5) is 0 Å². The molecule has 0 saturated carbocycles. The van der Waals surface area contributed by atoms with Crippen molar-refractivity contribution in [3.8, 4) is 0 Å². The van der Waals surface area contributed by atoms with Gasteiger partial charge < -0.3 is 0 Å². The number of aryl methyl sites for hydroxylation is 1. The van der Waals surface area contributed by atoms with E-state index in [-0.39, 0.29) is 5.56 Å². The molecule has 10 heavy (non-hydrogen) atoms. The summed E-state index contributed by atoms with van der Waals surface area (Å²) in [5.41, 5.74) is 0.979. The van der Waals surface area contributed by atoms with E-state index in [0.717, 1.165) is 12.1 Å². The van der Waals surface area contributed by atoms with Crippen LogP contribution in [0.15, 0.2) is 23.0 Å². The van der Waals surface area contributed by atoms with Crippen LogP contribution in [0.5, 0.6) is 0 Å². The van der Waals surface area contributed by atoms with Crippen LogP contribution in [0, 0.1) is 0 Å². The Kier molecular flexibility index (Phi) is 2.27. The van der Waals surface area contributed by atoms with Gasteiger partial charge in [-0.1, -0.05) is 13.0 Å². The Morgan fingerprint density at radius 3 is 2.80 bits per heavy atom.